The number of fused-ring (bicyclic) bond motifs is 8. The quantitative estimate of drug-likeness (QED) is 0.0902. The molecule has 0 fully saturated rings. The molecule has 0 atom stereocenters. The van der Waals surface area contributed by atoms with Gasteiger partial charge in [-0.1, -0.05) is 75.1 Å². The Hall–Kier alpha value is -9.64. The third kappa shape index (κ3) is 17.4. The number of alkyl halides is 12. The topological polar surface area (TPSA) is 36.9 Å². The molecule has 0 spiro atoms. The van der Waals surface area contributed by atoms with E-state index >= 15 is 0 Å². The van der Waals surface area contributed by atoms with Gasteiger partial charge in [-0.2, -0.15) is 52.7 Å². The molecule has 0 heterocycles. The first-order valence-corrected chi connectivity index (χ1v) is 29.8. The molecule has 0 radical (unpaired) electrons. The molecule has 0 unspecified atom stereocenters. The molecule has 8 aromatic rings. The highest BCUT2D eigenvalue weighted by Gasteiger charge is 2.33. The molecular weight excluding hydrogens is 1200 g/mol. The summed E-state index contributed by atoms with van der Waals surface area (Å²) in [4.78, 5) is 0. The summed E-state index contributed by atoms with van der Waals surface area (Å²) in [5.74, 6) is 26.9. The zero-order valence-electron chi connectivity index (χ0n) is 50.5. The van der Waals surface area contributed by atoms with Crippen molar-refractivity contribution in [3.8, 4) is 70.4 Å². The lowest BCUT2D eigenvalue weighted by Gasteiger charge is -2.24. The van der Waals surface area contributed by atoms with Crippen LogP contribution in [0.15, 0.2) is 146 Å². The predicted octanol–water partition coefficient (Wildman–Crippen LogP) is 19.2. The van der Waals surface area contributed by atoms with Gasteiger partial charge < -0.3 is 18.9 Å². The van der Waals surface area contributed by atoms with E-state index in [-0.39, 0.29) is 52.1 Å². The molecule has 0 saturated heterocycles. The van der Waals surface area contributed by atoms with E-state index in [1.807, 2.05) is 76.2 Å². The molecule has 0 N–H and O–H groups in total. The summed E-state index contributed by atoms with van der Waals surface area (Å²) in [6, 6.07) is 32.6. The first-order chi connectivity index (χ1) is 43.9. The van der Waals surface area contributed by atoms with Crippen LogP contribution in [-0.4, -0.2) is 26.4 Å². The molecule has 92 heavy (non-hydrogen) atoms. The third-order valence-electron chi connectivity index (χ3n) is 14.6. The number of halogens is 12. The second-order valence-corrected chi connectivity index (χ2v) is 21.9. The van der Waals surface area contributed by atoms with Gasteiger partial charge in [0.2, 0.25) is 0 Å². The van der Waals surface area contributed by atoms with Gasteiger partial charge in [-0.15, -0.1) is 0 Å². The van der Waals surface area contributed by atoms with Gasteiger partial charge in [-0.25, -0.2) is 0 Å². The van der Waals surface area contributed by atoms with E-state index in [1.54, 1.807) is 0 Å². The zero-order valence-corrected chi connectivity index (χ0v) is 50.5. The van der Waals surface area contributed by atoms with Crippen LogP contribution in [0.2, 0.25) is 0 Å². The maximum absolute atomic E-state index is 13.7. The van der Waals surface area contributed by atoms with E-state index in [0.717, 1.165) is 48.5 Å². The summed E-state index contributed by atoms with van der Waals surface area (Å²) in [6.07, 6.45) is -15.6. The maximum atomic E-state index is 13.7. The summed E-state index contributed by atoms with van der Waals surface area (Å²) >= 11 is 0. The smallest absolute Gasteiger partial charge is 0.416 e. The van der Waals surface area contributed by atoms with E-state index in [4.69, 9.17) is 18.9 Å². The fourth-order valence-corrected chi connectivity index (χ4v) is 10.3. The van der Waals surface area contributed by atoms with Gasteiger partial charge in [0.05, 0.1) is 48.7 Å². The molecule has 0 amide bonds. The molecule has 472 valence electrons. The van der Waals surface area contributed by atoms with Gasteiger partial charge in [0.25, 0.3) is 0 Å². The van der Waals surface area contributed by atoms with E-state index in [1.165, 1.54) is 48.5 Å². The van der Waals surface area contributed by atoms with Gasteiger partial charge in [0, 0.05) is 115 Å². The van der Waals surface area contributed by atoms with Crippen LogP contribution in [-0.2, 0) is 50.4 Å². The van der Waals surface area contributed by atoms with Crippen LogP contribution in [0.25, 0.3) is 0 Å². The highest BCUT2D eigenvalue weighted by atomic mass is 19.4. The van der Waals surface area contributed by atoms with Crippen LogP contribution in [0.1, 0.15) is 165 Å². The van der Waals surface area contributed by atoms with E-state index < -0.39 is 47.0 Å². The van der Waals surface area contributed by atoms with Gasteiger partial charge in [0.15, 0.2) is 0 Å². The van der Waals surface area contributed by atoms with Crippen molar-refractivity contribution in [2.45, 2.75) is 104 Å². The number of benzene rings is 8. The lowest BCUT2D eigenvalue weighted by Crippen LogP contribution is -2.11. The molecule has 0 aliphatic heterocycles. The van der Waals surface area contributed by atoms with Crippen molar-refractivity contribution >= 4 is 0 Å². The Kier molecular flexibility index (Phi) is 21.1. The first-order valence-electron chi connectivity index (χ1n) is 29.8. The van der Waals surface area contributed by atoms with Crippen molar-refractivity contribution in [2.75, 3.05) is 26.4 Å². The fourth-order valence-electron chi connectivity index (χ4n) is 10.3. The summed E-state index contributed by atoms with van der Waals surface area (Å²) in [5.41, 5.74) is 4.61. The molecular formula is C76H60F12O4. The van der Waals surface area contributed by atoms with Gasteiger partial charge in [-0.05, 0) is 171 Å². The van der Waals surface area contributed by atoms with Gasteiger partial charge in [-0.3, -0.25) is 0 Å². The molecule has 8 bridgehead atoms. The SMILES string of the molecule is CCCOc1c2cc(C#Cc3ccc(C(F)(F)F)cc3)cc1Cc1cc(C#Cc3ccc(C(F)(F)F)cc3)cc(c1OCCC)Cc1cc(C#Cc3ccc(C(F)(F)F)cc3)cc(c1OCCC)Cc1cc(C#Cc3ccc(C(F)(F)F)cc3)cc(c1OCCC)C2. The van der Waals surface area contributed by atoms with Gasteiger partial charge >= 0.3 is 24.7 Å². The average molecular weight is 1270 g/mol. The second kappa shape index (κ2) is 29.1. The number of hydrogen-bond acceptors (Lipinski definition) is 4. The van der Waals surface area contributed by atoms with Crippen LogP contribution in [0.3, 0.4) is 0 Å². The minimum absolute atomic E-state index is 0.0931. The lowest BCUT2D eigenvalue weighted by atomic mass is 9.88. The number of ether oxygens (including phenoxy) is 4. The largest absolute Gasteiger partial charge is 0.493 e. The Morgan fingerprint density at radius 2 is 0.402 bits per heavy atom. The van der Waals surface area contributed by atoms with Crippen molar-refractivity contribution < 1.29 is 71.6 Å². The highest BCUT2D eigenvalue weighted by Crippen LogP contribution is 2.42. The molecule has 0 saturated carbocycles. The summed E-state index contributed by atoms with van der Waals surface area (Å²) in [7, 11) is 0. The Labute approximate surface area is 526 Å². The monoisotopic (exact) mass is 1260 g/mol. The molecule has 1 aliphatic rings. The summed E-state index contributed by atoms with van der Waals surface area (Å²) < 4.78 is 192. The highest BCUT2D eigenvalue weighted by molar-refractivity contribution is 5.63. The van der Waals surface area contributed by atoms with Crippen LogP contribution in [0.4, 0.5) is 52.7 Å². The van der Waals surface area contributed by atoms with Crippen molar-refractivity contribution in [2.24, 2.45) is 0 Å². The minimum Gasteiger partial charge on any atom is -0.493 e. The molecule has 8 aromatic carbocycles. The minimum atomic E-state index is -4.58. The normalized spacial score (nSPS) is 12.2. The summed E-state index contributed by atoms with van der Waals surface area (Å²) in [6.45, 7) is 8.80. The van der Waals surface area contributed by atoms with Crippen LogP contribution in [0, 0.1) is 47.4 Å². The standard InChI is InChI=1S/C76H60F12O4/c1-5-33-89-69-57-37-53(13-9-49-17-25-65(26-18-49)73(77,78)79)38-58(69)46-60-40-55(15-11-51-21-29-67(30-22-51)75(83,84)85)42-62(71(60)91-35-7-3)48-64-44-56(16-12-52-23-31-68(32-24-52)76(86,87)88)43-63(72(64)92-36-8-4)47-61-41-54(39-59(45-57)70(61)90-34-6-2)14-10-50-19-27-66(28-20-50)74(80,81)82/h17-32,37-44H,5-8,33-36,45-48H2,1-4H3. The number of hydrogen-bond donors (Lipinski definition) is 0. The second-order valence-electron chi connectivity index (χ2n) is 21.9. The van der Waals surface area contributed by atoms with Crippen LogP contribution in [0.5, 0.6) is 23.0 Å². The van der Waals surface area contributed by atoms with Crippen molar-refractivity contribution in [3.63, 3.8) is 0 Å². The van der Waals surface area contributed by atoms with Crippen LogP contribution >= 0.6 is 0 Å². The molecule has 0 aromatic heterocycles. The van der Waals surface area contributed by atoms with E-state index in [9.17, 15) is 52.7 Å². The lowest BCUT2D eigenvalue weighted by molar-refractivity contribution is -0.138. The Balaban J connectivity index is 1.36. The molecule has 16 heteroatoms. The average Bonchev–Trinajstić information content (AvgIpc) is 0.786. The summed E-state index contributed by atoms with van der Waals surface area (Å²) in [5, 5.41) is 0. The predicted molar refractivity (Wildman–Crippen MR) is 330 cm³/mol. The van der Waals surface area contributed by atoms with Crippen molar-refractivity contribution in [1.82, 2.24) is 0 Å². The van der Waals surface area contributed by atoms with E-state index in [2.05, 4.69) is 47.4 Å². The molecule has 4 nitrogen and oxygen atoms in total. The first kappa shape index (κ1) is 66.8. The van der Waals surface area contributed by atoms with Crippen molar-refractivity contribution in [3.05, 3.63) is 257 Å². The Bertz CT molecular complexity index is 3560. The molecule has 9 rings (SSSR count). The van der Waals surface area contributed by atoms with E-state index in [0.29, 0.717) is 138 Å². The van der Waals surface area contributed by atoms with Crippen LogP contribution < -0.4 is 18.9 Å². The Morgan fingerprint density at radius 3 is 0.543 bits per heavy atom. The fraction of sp³-hybridized carbons (Fsp3) is 0.263. The van der Waals surface area contributed by atoms with Gasteiger partial charge in [0.1, 0.15) is 23.0 Å². The third-order valence-corrected chi connectivity index (χ3v) is 14.6. The van der Waals surface area contributed by atoms with Crippen molar-refractivity contribution in [1.29, 1.82) is 0 Å². The zero-order chi connectivity index (χ0) is 65.8. The number of rotatable bonds is 12. The Morgan fingerprint density at radius 1 is 0.250 bits per heavy atom. The molecule has 1 aliphatic carbocycles. The maximum Gasteiger partial charge on any atom is 0.416 e.